The highest BCUT2D eigenvalue weighted by Gasteiger charge is 2.28. The number of hydrogen-bond acceptors (Lipinski definition) is 6. The predicted molar refractivity (Wildman–Crippen MR) is 124 cm³/mol. The molecule has 0 unspecified atom stereocenters. The van der Waals surface area contributed by atoms with Crippen molar-refractivity contribution in [3.63, 3.8) is 0 Å². The Kier molecular flexibility index (Phi) is 5.22. The molecule has 31 heavy (non-hydrogen) atoms. The lowest BCUT2D eigenvalue weighted by Gasteiger charge is -2.38. The summed E-state index contributed by atoms with van der Waals surface area (Å²) in [6.45, 7) is 3.76. The van der Waals surface area contributed by atoms with E-state index in [1.165, 1.54) is 24.2 Å². The molecule has 0 amide bonds. The summed E-state index contributed by atoms with van der Waals surface area (Å²) in [6, 6.07) is 14.6. The lowest BCUT2D eigenvalue weighted by molar-refractivity contribution is 0.356. The van der Waals surface area contributed by atoms with Crippen LogP contribution in [0, 0.1) is 0 Å². The van der Waals surface area contributed by atoms with Gasteiger partial charge in [0.2, 0.25) is 0 Å². The number of benzene rings is 2. The van der Waals surface area contributed by atoms with Crippen LogP contribution in [0.25, 0.3) is 10.9 Å². The van der Waals surface area contributed by atoms with E-state index in [-0.39, 0.29) is 0 Å². The van der Waals surface area contributed by atoms with Crippen LogP contribution in [0.2, 0.25) is 0 Å². The number of ether oxygens (including phenoxy) is 3. The summed E-state index contributed by atoms with van der Waals surface area (Å²) in [5, 5.41) is 1.12. The average molecular weight is 420 g/mol. The van der Waals surface area contributed by atoms with Crippen LogP contribution < -0.4 is 24.0 Å². The van der Waals surface area contributed by atoms with E-state index in [2.05, 4.69) is 34.1 Å². The number of para-hydroxylation sites is 2. The zero-order valence-electron chi connectivity index (χ0n) is 18.4. The first-order chi connectivity index (χ1) is 15.2. The number of pyridine rings is 1. The molecule has 0 bridgehead atoms. The number of aromatic nitrogens is 1. The first kappa shape index (κ1) is 19.8. The molecule has 5 rings (SSSR count). The molecule has 1 saturated carbocycles. The third-order valence-corrected chi connectivity index (χ3v) is 6.35. The molecule has 0 spiro atoms. The van der Waals surface area contributed by atoms with Gasteiger partial charge in [0.15, 0.2) is 11.5 Å². The summed E-state index contributed by atoms with van der Waals surface area (Å²) in [4.78, 5) is 9.86. The number of rotatable bonds is 6. The first-order valence-electron chi connectivity index (χ1n) is 10.9. The number of nitrogens with zero attached hydrogens (tertiary/aromatic N) is 3. The van der Waals surface area contributed by atoms with Crippen molar-refractivity contribution in [3.8, 4) is 17.2 Å². The van der Waals surface area contributed by atoms with Crippen molar-refractivity contribution >= 4 is 22.3 Å². The Morgan fingerprint density at radius 3 is 2.00 bits per heavy atom. The number of piperazine rings is 1. The monoisotopic (exact) mass is 419 g/mol. The van der Waals surface area contributed by atoms with Gasteiger partial charge in [-0.3, -0.25) is 4.98 Å². The van der Waals surface area contributed by atoms with Crippen molar-refractivity contribution in [3.05, 3.63) is 48.2 Å². The molecule has 0 N–H and O–H groups in total. The van der Waals surface area contributed by atoms with Crippen molar-refractivity contribution in [2.24, 2.45) is 0 Å². The SMILES string of the molecule is COc1cc2nc(C3CC3)cc(N3CCN(c4ccccc4OC)CC3)c2cc1OC. The van der Waals surface area contributed by atoms with Crippen LogP contribution in [0.15, 0.2) is 42.5 Å². The lowest BCUT2D eigenvalue weighted by atomic mass is 10.1. The smallest absolute Gasteiger partial charge is 0.162 e. The summed E-state index contributed by atoms with van der Waals surface area (Å²) < 4.78 is 16.7. The van der Waals surface area contributed by atoms with Crippen LogP contribution in [-0.4, -0.2) is 52.5 Å². The van der Waals surface area contributed by atoms with Crippen molar-refractivity contribution in [1.82, 2.24) is 4.98 Å². The molecule has 2 aliphatic rings. The van der Waals surface area contributed by atoms with Crippen molar-refractivity contribution < 1.29 is 14.2 Å². The molecule has 6 nitrogen and oxygen atoms in total. The van der Waals surface area contributed by atoms with Gasteiger partial charge in [0.1, 0.15) is 5.75 Å². The molecule has 0 radical (unpaired) electrons. The number of methoxy groups -OCH3 is 3. The fourth-order valence-corrected chi connectivity index (χ4v) is 4.48. The lowest BCUT2D eigenvalue weighted by Crippen LogP contribution is -2.46. The molecular formula is C25H29N3O3. The van der Waals surface area contributed by atoms with Crippen molar-refractivity contribution in [2.75, 3.05) is 57.3 Å². The standard InChI is InChI=1S/C25H29N3O3/c1-29-23-7-5-4-6-21(23)27-10-12-28(13-11-27)22-15-19(17-8-9-17)26-20-16-25(31-3)24(30-2)14-18(20)22/h4-7,14-17H,8-13H2,1-3H3. The van der Waals surface area contributed by atoms with Gasteiger partial charge in [-0.15, -0.1) is 0 Å². The minimum Gasteiger partial charge on any atom is -0.495 e. The van der Waals surface area contributed by atoms with Crippen LogP contribution in [0.4, 0.5) is 11.4 Å². The van der Waals surface area contributed by atoms with Gasteiger partial charge in [-0.1, -0.05) is 12.1 Å². The molecule has 162 valence electrons. The van der Waals surface area contributed by atoms with Crippen LogP contribution in [0.3, 0.4) is 0 Å². The Morgan fingerprint density at radius 1 is 0.742 bits per heavy atom. The highest BCUT2D eigenvalue weighted by Crippen LogP contribution is 2.43. The number of hydrogen-bond donors (Lipinski definition) is 0. The molecule has 3 aromatic rings. The van der Waals surface area contributed by atoms with Gasteiger partial charge in [0.05, 0.1) is 32.5 Å². The fourth-order valence-electron chi connectivity index (χ4n) is 4.48. The second-order valence-electron chi connectivity index (χ2n) is 8.21. The molecule has 6 heteroatoms. The second kappa shape index (κ2) is 8.17. The summed E-state index contributed by atoms with van der Waals surface area (Å²) in [5.41, 5.74) is 4.58. The van der Waals surface area contributed by atoms with Gasteiger partial charge in [-0.2, -0.15) is 0 Å². The summed E-state index contributed by atoms with van der Waals surface area (Å²) >= 11 is 0. The Balaban J connectivity index is 1.48. The Hall–Kier alpha value is -3.15. The summed E-state index contributed by atoms with van der Waals surface area (Å²) in [7, 11) is 5.09. The van der Waals surface area contributed by atoms with E-state index >= 15 is 0 Å². The van der Waals surface area contributed by atoms with E-state index in [9.17, 15) is 0 Å². The molecule has 1 aliphatic carbocycles. The van der Waals surface area contributed by atoms with Crippen LogP contribution in [0.5, 0.6) is 17.2 Å². The number of anilines is 2. The summed E-state index contributed by atoms with van der Waals surface area (Å²) in [5.74, 6) is 2.98. The summed E-state index contributed by atoms with van der Waals surface area (Å²) in [6.07, 6.45) is 2.46. The zero-order chi connectivity index (χ0) is 21.4. The maximum atomic E-state index is 5.58. The van der Waals surface area contributed by atoms with Gasteiger partial charge in [-0.25, -0.2) is 0 Å². The maximum absolute atomic E-state index is 5.58. The fraction of sp³-hybridized carbons (Fsp3) is 0.400. The van der Waals surface area contributed by atoms with Crippen molar-refractivity contribution in [1.29, 1.82) is 0 Å². The van der Waals surface area contributed by atoms with E-state index in [1.54, 1.807) is 21.3 Å². The molecule has 1 aliphatic heterocycles. The van der Waals surface area contributed by atoms with Gasteiger partial charge < -0.3 is 24.0 Å². The normalized spacial score (nSPS) is 16.5. The Morgan fingerprint density at radius 2 is 1.35 bits per heavy atom. The third kappa shape index (κ3) is 3.71. The van der Waals surface area contributed by atoms with Crippen LogP contribution in [-0.2, 0) is 0 Å². The molecular weight excluding hydrogens is 390 g/mol. The Labute approximate surface area is 183 Å². The van der Waals surface area contributed by atoms with Crippen molar-refractivity contribution in [2.45, 2.75) is 18.8 Å². The second-order valence-corrected chi connectivity index (χ2v) is 8.21. The quantitative estimate of drug-likeness (QED) is 0.588. The van der Waals surface area contributed by atoms with E-state index in [4.69, 9.17) is 19.2 Å². The van der Waals surface area contributed by atoms with E-state index in [0.717, 1.165) is 60.0 Å². The molecule has 0 atom stereocenters. The molecule has 1 saturated heterocycles. The van der Waals surface area contributed by atoms with Gasteiger partial charge >= 0.3 is 0 Å². The topological polar surface area (TPSA) is 47.1 Å². The van der Waals surface area contributed by atoms with Crippen LogP contribution >= 0.6 is 0 Å². The van der Waals surface area contributed by atoms with Crippen LogP contribution in [0.1, 0.15) is 24.5 Å². The zero-order valence-corrected chi connectivity index (χ0v) is 18.4. The number of fused-ring (bicyclic) bond motifs is 1. The Bertz CT molecular complexity index is 1090. The highest BCUT2D eigenvalue weighted by molar-refractivity contribution is 5.94. The largest absolute Gasteiger partial charge is 0.495 e. The molecule has 2 aromatic carbocycles. The minimum absolute atomic E-state index is 0.589. The molecule has 2 fully saturated rings. The minimum atomic E-state index is 0.589. The first-order valence-corrected chi connectivity index (χ1v) is 10.9. The van der Waals surface area contributed by atoms with Gasteiger partial charge in [0.25, 0.3) is 0 Å². The van der Waals surface area contributed by atoms with E-state index < -0.39 is 0 Å². The van der Waals surface area contributed by atoms with E-state index in [0.29, 0.717) is 5.92 Å². The van der Waals surface area contributed by atoms with E-state index in [1.807, 2.05) is 18.2 Å². The van der Waals surface area contributed by atoms with Gasteiger partial charge in [0, 0.05) is 54.9 Å². The average Bonchev–Trinajstić information content (AvgIpc) is 3.68. The third-order valence-electron chi connectivity index (χ3n) is 6.35. The van der Waals surface area contributed by atoms with Gasteiger partial charge in [-0.05, 0) is 37.1 Å². The predicted octanol–water partition coefficient (Wildman–Crippen LogP) is 4.46. The highest BCUT2D eigenvalue weighted by atomic mass is 16.5. The maximum Gasteiger partial charge on any atom is 0.162 e. The molecule has 2 heterocycles. The molecule has 1 aromatic heterocycles.